The molecule has 10 heavy (non-hydrogen) atoms. The molecule has 0 aromatic rings. The van der Waals surface area contributed by atoms with Gasteiger partial charge in [-0.25, -0.2) is 0 Å². The van der Waals surface area contributed by atoms with E-state index in [1.165, 1.54) is 19.3 Å². The van der Waals surface area contributed by atoms with Crippen molar-refractivity contribution in [2.24, 2.45) is 5.92 Å². The van der Waals surface area contributed by atoms with Gasteiger partial charge in [-0.1, -0.05) is 13.3 Å². The second-order valence-corrected chi connectivity index (χ2v) is 2.95. The molecule has 0 radical (unpaired) electrons. The molecule has 0 bridgehead atoms. The number of methoxy groups -OCH3 is 1. The zero-order valence-electron chi connectivity index (χ0n) is 6.80. The molecule has 0 aromatic carbocycles. The van der Waals surface area contributed by atoms with E-state index in [2.05, 4.69) is 6.92 Å². The Labute approximate surface area is 62.5 Å². The summed E-state index contributed by atoms with van der Waals surface area (Å²) in [6.07, 6.45) is 3.74. The molecule has 1 heterocycles. The van der Waals surface area contributed by atoms with Gasteiger partial charge < -0.3 is 9.47 Å². The normalized spacial score (nSPS) is 35.4. The van der Waals surface area contributed by atoms with E-state index in [9.17, 15) is 0 Å². The highest BCUT2D eigenvalue weighted by Gasteiger charge is 2.19. The van der Waals surface area contributed by atoms with Crippen LogP contribution in [-0.4, -0.2) is 20.0 Å². The van der Waals surface area contributed by atoms with Gasteiger partial charge in [0.2, 0.25) is 0 Å². The highest BCUT2D eigenvalue weighted by molar-refractivity contribution is 4.61. The summed E-state index contributed by atoms with van der Waals surface area (Å²) < 4.78 is 10.6. The number of rotatable bonds is 1. The van der Waals surface area contributed by atoms with Crippen LogP contribution >= 0.6 is 0 Å². The minimum Gasteiger partial charge on any atom is -0.356 e. The highest BCUT2D eigenvalue weighted by Crippen LogP contribution is 2.19. The standard InChI is InChI=1S/C8H16O2/c1-7-5-3-4-6-10-8(7)9-2/h7-8H,3-6H2,1-2H3. The Kier molecular flexibility index (Phi) is 3.16. The minimum absolute atomic E-state index is 0.0440. The van der Waals surface area contributed by atoms with E-state index in [0.717, 1.165) is 6.61 Å². The fourth-order valence-corrected chi connectivity index (χ4v) is 1.37. The lowest BCUT2D eigenvalue weighted by atomic mass is 10.1. The smallest absolute Gasteiger partial charge is 0.159 e. The van der Waals surface area contributed by atoms with Crippen molar-refractivity contribution in [1.82, 2.24) is 0 Å². The first-order valence-corrected chi connectivity index (χ1v) is 3.99. The van der Waals surface area contributed by atoms with Gasteiger partial charge in [-0.2, -0.15) is 0 Å². The first-order chi connectivity index (χ1) is 4.84. The maximum atomic E-state index is 5.44. The Balaban J connectivity index is 2.35. The van der Waals surface area contributed by atoms with Crippen LogP contribution in [0.3, 0.4) is 0 Å². The lowest BCUT2D eigenvalue weighted by molar-refractivity contribution is -0.145. The summed E-state index contributed by atoms with van der Waals surface area (Å²) in [5, 5.41) is 0. The van der Waals surface area contributed by atoms with E-state index in [0.29, 0.717) is 5.92 Å². The first-order valence-electron chi connectivity index (χ1n) is 3.99. The van der Waals surface area contributed by atoms with Crippen molar-refractivity contribution < 1.29 is 9.47 Å². The van der Waals surface area contributed by atoms with Gasteiger partial charge in [0.15, 0.2) is 6.29 Å². The Morgan fingerprint density at radius 3 is 2.90 bits per heavy atom. The summed E-state index contributed by atoms with van der Waals surface area (Å²) in [6, 6.07) is 0. The minimum atomic E-state index is 0.0440. The summed E-state index contributed by atoms with van der Waals surface area (Å²) >= 11 is 0. The molecule has 1 fully saturated rings. The van der Waals surface area contributed by atoms with Crippen LogP contribution in [0, 0.1) is 5.92 Å². The monoisotopic (exact) mass is 144 g/mol. The molecule has 1 rings (SSSR count). The molecular weight excluding hydrogens is 128 g/mol. The molecule has 2 unspecified atom stereocenters. The van der Waals surface area contributed by atoms with Crippen molar-refractivity contribution in [2.75, 3.05) is 13.7 Å². The van der Waals surface area contributed by atoms with Crippen molar-refractivity contribution in [3.63, 3.8) is 0 Å². The van der Waals surface area contributed by atoms with Crippen LogP contribution in [0.15, 0.2) is 0 Å². The van der Waals surface area contributed by atoms with Crippen LogP contribution in [0.4, 0.5) is 0 Å². The number of ether oxygens (including phenoxy) is 2. The molecule has 0 amide bonds. The van der Waals surface area contributed by atoms with Gasteiger partial charge in [0.25, 0.3) is 0 Å². The van der Waals surface area contributed by atoms with E-state index in [1.807, 2.05) is 0 Å². The van der Waals surface area contributed by atoms with Gasteiger partial charge in [0.1, 0.15) is 0 Å². The predicted molar refractivity (Wildman–Crippen MR) is 39.8 cm³/mol. The van der Waals surface area contributed by atoms with Crippen LogP contribution in [0.25, 0.3) is 0 Å². The van der Waals surface area contributed by atoms with Crippen molar-refractivity contribution in [1.29, 1.82) is 0 Å². The predicted octanol–water partition coefficient (Wildman–Crippen LogP) is 1.80. The van der Waals surface area contributed by atoms with Crippen LogP contribution in [-0.2, 0) is 9.47 Å². The summed E-state index contributed by atoms with van der Waals surface area (Å²) in [6.45, 7) is 3.04. The average Bonchev–Trinajstić information content (AvgIpc) is 2.13. The van der Waals surface area contributed by atoms with E-state index < -0.39 is 0 Å². The lowest BCUT2D eigenvalue weighted by Crippen LogP contribution is -2.21. The molecule has 1 saturated heterocycles. The second-order valence-electron chi connectivity index (χ2n) is 2.95. The molecule has 0 saturated carbocycles. The van der Waals surface area contributed by atoms with Crippen LogP contribution in [0.2, 0.25) is 0 Å². The highest BCUT2D eigenvalue weighted by atomic mass is 16.7. The number of hydrogen-bond donors (Lipinski definition) is 0. The SMILES string of the molecule is COC1OCCCCC1C. The zero-order valence-corrected chi connectivity index (χ0v) is 6.80. The molecule has 2 nitrogen and oxygen atoms in total. The first kappa shape index (κ1) is 8.02. The van der Waals surface area contributed by atoms with E-state index in [1.54, 1.807) is 7.11 Å². The van der Waals surface area contributed by atoms with Gasteiger partial charge in [0.05, 0.1) is 0 Å². The largest absolute Gasteiger partial charge is 0.356 e. The average molecular weight is 144 g/mol. The Bertz CT molecular complexity index is 93.3. The van der Waals surface area contributed by atoms with Gasteiger partial charge in [0, 0.05) is 19.6 Å². The molecule has 60 valence electrons. The number of hydrogen-bond acceptors (Lipinski definition) is 2. The van der Waals surface area contributed by atoms with Crippen molar-refractivity contribution in [3.8, 4) is 0 Å². The van der Waals surface area contributed by atoms with Gasteiger partial charge in [-0.05, 0) is 12.8 Å². The van der Waals surface area contributed by atoms with Crippen molar-refractivity contribution in [2.45, 2.75) is 32.5 Å². The fourth-order valence-electron chi connectivity index (χ4n) is 1.37. The third-order valence-corrected chi connectivity index (χ3v) is 2.03. The third-order valence-electron chi connectivity index (χ3n) is 2.03. The molecular formula is C8H16O2. The van der Waals surface area contributed by atoms with Gasteiger partial charge >= 0.3 is 0 Å². The molecule has 0 aromatic heterocycles. The maximum Gasteiger partial charge on any atom is 0.159 e. The Morgan fingerprint density at radius 1 is 1.40 bits per heavy atom. The van der Waals surface area contributed by atoms with E-state index in [-0.39, 0.29) is 6.29 Å². The summed E-state index contributed by atoms with van der Waals surface area (Å²) in [5.41, 5.74) is 0. The molecule has 0 spiro atoms. The molecule has 0 aliphatic carbocycles. The Hall–Kier alpha value is -0.0800. The topological polar surface area (TPSA) is 18.5 Å². The van der Waals surface area contributed by atoms with E-state index in [4.69, 9.17) is 9.47 Å². The molecule has 2 heteroatoms. The maximum absolute atomic E-state index is 5.44. The summed E-state index contributed by atoms with van der Waals surface area (Å²) in [7, 11) is 1.71. The van der Waals surface area contributed by atoms with E-state index >= 15 is 0 Å². The molecule has 1 aliphatic heterocycles. The van der Waals surface area contributed by atoms with Crippen molar-refractivity contribution >= 4 is 0 Å². The zero-order chi connectivity index (χ0) is 7.40. The quantitative estimate of drug-likeness (QED) is 0.558. The van der Waals surface area contributed by atoms with Crippen LogP contribution in [0.1, 0.15) is 26.2 Å². The van der Waals surface area contributed by atoms with Crippen LogP contribution < -0.4 is 0 Å². The Morgan fingerprint density at radius 2 is 2.20 bits per heavy atom. The third kappa shape index (κ3) is 1.96. The molecule has 0 N–H and O–H groups in total. The molecule has 2 atom stereocenters. The van der Waals surface area contributed by atoms with Gasteiger partial charge in [-0.15, -0.1) is 0 Å². The van der Waals surface area contributed by atoms with Crippen molar-refractivity contribution in [3.05, 3.63) is 0 Å². The fraction of sp³-hybridized carbons (Fsp3) is 1.00. The second kappa shape index (κ2) is 3.94. The van der Waals surface area contributed by atoms with Gasteiger partial charge in [-0.3, -0.25) is 0 Å². The summed E-state index contributed by atoms with van der Waals surface area (Å²) in [5.74, 6) is 0.562. The van der Waals surface area contributed by atoms with Crippen LogP contribution in [0.5, 0.6) is 0 Å². The summed E-state index contributed by atoms with van der Waals surface area (Å²) in [4.78, 5) is 0. The molecule has 1 aliphatic rings. The lowest BCUT2D eigenvalue weighted by Gasteiger charge is -2.18.